The molecule has 1 saturated carbocycles. The third-order valence-electron chi connectivity index (χ3n) is 3.13. The lowest BCUT2D eigenvalue weighted by molar-refractivity contribution is -0.124. The Morgan fingerprint density at radius 3 is 2.62 bits per heavy atom. The van der Waals surface area contributed by atoms with Crippen molar-refractivity contribution >= 4 is 5.91 Å². The molecule has 1 rings (SSSR count). The molecule has 1 aliphatic carbocycles. The summed E-state index contributed by atoms with van der Waals surface area (Å²) >= 11 is 0. The van der Waals surface area contributed by atoms with Gasteiger partial charge in [-0.05, 0) is 25.7 Å². The van der Waals surface area contributed by atoms with Crippen LogP contribution in [0.25, 0.3) is 0 Å². The van der Waals surface area contributed by atoms with Crippen molar-refractivity contribution < 1.29 is 9.53 Å². The van der Waals surface area contributed by atoms with Gasteiger partial charge >= 0.3 is 0 Å². The molecule has 0 aromatic rings. The van der Waals surface area contributed by atoms with Gasteiger partial charge in [-0.25, -0.2) is 0 Å². The van der Waals surface area contributed by atoms with Crippen molar-refractivity contribution in [3.8, 4) is 0 Å². The SMILES string of the molecule is CCCCOCCCNC(=O)C1CCCC1. The fourth-order valence-corrected chi connectivity index (χ4v) is 2.07. The first kappa shape index (κ1) is 13.5. The zero-order valence-electron chi connectivity index (χ0n) is 10.5. The lowest BCUT2D eigenvalue weighted by Gasteiger charge is -2.10. The molecule has 1 amide bonds. The predicted octanol–water partition coefficient (Wildman–Crippen LogP) is 2.50. The van der Waals surface area contributed by atoms with E-state index in [-0.39, 0.29) is 5.91 Å². The summed E-state index contributed by atoms with van der Waals surface area (Å²) in [6.45, 7) is 4.55. The number of nitrogens with one attached hydrogen (secondary N) is 1. The van der Waals surface area contributed by atoms with Crippen LogP contribution in [0.2, 0.25) is 0 Å². The van der Waals surface area contributed by atoms with Crippen LogP contribution < -0.4 is 5.32 Å². The molecule has 16 heavy (non-hydrogen) atoms. The number of hydrogen-bond donors (Lipinski definition) is 1. The van der Waals surface area contributed by atoms with Crippen LogP contribution in [0.1, 0.15) is 51.9 Å². The van der Waals surface area contributed by atoms with E-state index in [0.717, 1.165) is 45.4 Å². The fourth-order valence-electron chi connectivity index (χ4n) is 2.07. The number of carbonyl (C=O) groups is 1. The topological polar surface area (TPSA) is 38.3 Å². The Labute approximate surface area is 98.9 Å². The quantitative estimate of drug-likeness (QED) is 0.647. The maximum absolute atomic E-state index is 11.6. The monoisotopic (exact) mass is 227 g/mol. The van der Waals surface area contributed by atoms with Gasteiger partial charge in [0.05, 0.1) is 0 Å². The molecule has 0 aromatic carbocycles. The van der Waals surface area contributed by atoms with E-state index in [9.17, 15) is 4.79 Å². The fraction of sp³-hybridized carbons (Fsp3) is 0.923. The third-order valence-corrected chi connectivity index (χ3v) is 3.13. The average Bonchev–Trinajstić information content (AvgIpc) is 2.81. The van der Waals surface area contributed by atoms with Crippen LogP contribution >= 0.6 is 0 Å². The Morgan fingerprint density at radius 2 is 1.94 bits per heavy atom. The van der Waals surface area contributed by atoms with Crippen LogP contribution in [-0.2, 0) is 9.53 Å². The van der Waals surface area contributed by atoms with Crippen LogP contribution in [0.4, 0.5) is 0 Å². The molecule has 0 heterocycles. The van der Waals surface area contributed by atoms with Crippen molar-refractivity contribution in [3.05, 3.63) is 0 Å². The van der Waals surface area contributed by atoms with Gasteiger partial charge in [0.2, 0.25) is 5.91 Å². The molecule has 0 aliphatic heterocycles. The van der Waals surface area contributed by atoms with Gasteiger partial charge in [0.1, 0.15) is 0 Å². The van der Waals surface area contributed by atoms with Gasteiger partial charge < -0.3 is 10.1 Å². The summed E-state index contributed by atoms with van der Waals surface area (Å²) in [7, 11) is 0. The van der Waals surface area contributed by atoms with E-state index in [1.165, 1.54) is 19.3 Å². The highest BCUT2D eigenvalue weighted by Gasteiger charge is 2.21. The Balaban J connectivity index is 1.88. The average molecular weight is 227 g/mol. The van der Waals surface area contributed by atoms with Gasteiger partial charge in [0.25, 0.3) is 0 Å². The van der Waals surface area contributed by atoms with Crippen LogP contribution in [0.3, 0.4) is 0 Å². The zero-order chi connectivity index (χ0) is 11.6. The standard InChI is InChI=1S/C13H25NO2/c1-2-3-10-16-11-6-9-14-13(15)12-7-4-5-8-12/h12H,2-11H2,1H3,(H,14,15). The summed E-state index contributed by atoms with van der Waals surface area (Å²) in [6.07, 6.45) is 7.85. The van der Waals surface area contributed by atoms with E-state index in [1.54, 1.807) is 0 Å². The first-order valence-corrected chi connectivity index (χ1v) is 6.70. The molecule has 3 nitrogen and oxygen atoms in total. The van der Waals surface area contributed by atoms with E-state index in [0.29, 0.717) is 5.92 Å². The largest absolute Gasteiger partial charge is 0.381 e. The smallest absolute Gasteiger partial charge is 0.223 e. The van der Waals surface area contributed by atoms with Crippen molar-refractivity contribution in [2.75, 3.05) is 19.8 Å². The highest BCUT2D eigenvalue weighted by molar-refractivity contribution is 5.78. The molecule has 94 valence electrons. The maximum atomic E-state index is 11.6. The molecule has 1 fully saturated rings. The van der Waals surface area contributed by atoms with E-state index in [1.807, 2.05) is 0 Å². The molecule has 0 bridgehead atoms. The summed E-state index contributed by atoms with van der Waals surface area (Å²) < 4.78 is 5.43. The first-order chi connectivity index (χ1) is 7.84. The van der Waals surface area contributed by atoms with E-state index in [4.69, 9.17) is 4.74 Å². The Hall–Kier alpha value is -0.570. The van der Waals surface area contributed by atoms with Gasteiger partial charge in [0.15, 0.2) is 0 Å². The Bertz CT molecular complexity index is 188. The van der Waals surface area contributed by atoms with Crippen LogP contribution in [0.15, 0.2) is 0 Å². The molecular formula is C13H25NO2. The second kappa shape index (κ2) is 8.57. The van der Waals surface area contributed by atoms with E-state index >= 15 is 0 Å². The van der Waals surface area contributed by atoms with Gasteiger partial charge in [-0.2, -0.15) is 0 Å². The molecular weight excluding hydrogens is 202 g/mol. The van der Waals surface area contributed by atoms with Crippen molar-refractivity contribution in [1.82, 2.24) is 5.32 Å². The maximum Gasteiger partial charge on any atom is 0.223 e. The molecule has 0 spiro atoms. The van der Waals surface area contributed by atoms with E-state index < -0.39 is 0 Å². The number of carbonyl (C=O) groups excluding carboxylic acids is 1. The molecule has 1 N–H and O–H groups in total. The molecule has 3 heteroatoms. The first-order valence-electron chi connectivity index (χ1n) is 6.70. The van der Waals surface area contributed by atoms with Crippen molar-refractivity contribution in [2.45, 2.75) is 51.9 Å². The molecule has 0 aromatic heterocycles. The molecule has 1 aliphatic rings. The lowest BCUT2D eigenvalue weighted by atomic mass is 10.1. The highest BCUT2D eigenvalue weighted by atomic mass is 16.5. The van der Waals surface area contributed by atoms with Gasteiger partial charge in [0, 0.05) is 25.7 Å². The number of amides is 1. The van der Waals surface area contributed by atoms with Crippen LogP contribution in [-0.4, -0.2) is 25.7 Å². The van der Waals surface area contributed by atoms with Crippen molar-refractivity contribution in [1.29, 1.82) is 0 Å². The minimum atomic E-state index is 0.256. The zero-order valence-corrected chi connectivity index (χ0v) is 10.5. The number of hydrogen-bond acceptors (Lipinski definition) is 2. The molecule has 0 radical (unpaired) electrons. The second-order valence-electron chi connectivity index (χ2n) is 4.59. The van der Waals surface area contributed by atoms with Crippen molar-refractivity contribution in [3.63, 3.8) is 0 Å². The summed E-state index contributed by atoms with van der Waals surface area (Å²) in [5.74, 6) is 0.548. The van der Waals surface area contributed by atoms with E-state index in [2.05, 4.69) is 12.2 Å². The molecule has 0 saturated heterocycles. The third kappa shape index (κ3) is 5.50. The molecule has 0 unspecified atom stereocenters. The normalized spacial score (nSPS) is 16.6. The van der Waals surface area contributed by atoms with Gasteiger partial charge in [-0.3, -0.25) is 4.79 Å². The van der Waals surface area contributed by atoms with Crippen molar-refractivity contribution in [2.24, 2.45) is 5.92 Å². The Kier molecular flexibility index (Phi) is 7.23. The van der Waals surface area contributed by atoms with Crippen LogP contribution in [0, 0.1) is 5.92 Å². The predicted molar refractivity (Wildman–Crippen MR) is 65.3 cm³/mol. The number of ether oxygens (including phenoxy) is 1. The highest BCUT2D eigenvalue weighted by Crippen LogP contribution is 2.24. The second-order valence-corrected chi connectivity index (χ2v) is 4.59. The summed E-state index contributed by atoms with van der Waals surface area (Å²) in [4.78, 5) is 11.6. The molecule has 0 atom stereocenters. The number of rotatable bonds is 8. The number of unbranched alkanes of at least 4 members (excludes halogenated alkanes) is 1. The minimum absolute atomic E-state index is 0.256. The van der Waals surface area contributed by atoms with Crippen LogP contribution in [0.5, 0.6) is 0 Å². The van der Waals surface area contributed by atoms with Gasteiger partial charge in [-0.1, -0.05) is 26.2 Å². The van der Waals surface area contributed by atoms with Gasteiger partial charge in [-0.15, -0.1) is 0 Å². The summed E-state index contributed by atoms with van der Waals surface area (Å²) in [5.41, 5.74) is 0. The minimum Gasteiger partial charge on any atom is -0.381 e. The Morgan fingerprint density at radius 1 is 1.25 bits per heavy atom. The lowest BCUT2D eigenvalue weighted by Crippen LogP contribution is -2.30. The summed E-state index contributed by atoms with van der Waals surface area (Å²) in [6, 6.07) is 0. The summed E-state index contributed by atoms with van der Waals surface area (Å²) in [5, 5.41) is 3.00.